The number of nitrogens with two attached hydrogens (primary N) is 1. The zero-order valence-electron chi connectivity index (χ0n) is 6.70. The largest absolute Gasteiger partial charge is 0.397 e. The molecule has 2 aromatic heterocycles. The van der Waals surface area contributed by atoms with Gasteiger partial charge in [-0.15, -0.1) is 11.3 Å². The number of rotatable bonds is 1. The molecule has 66 valence electrons. The summed E-state index contributed by atoms with van der Waals surface area (Å²) in [5.41, 5.74) is 7.06. The molecule has 2 aromatic rings. The smallest absolute Gasteiger partial charge is 0.0818 e. The SMILES string of the molecule is Nc1ccc(-c2sccc2Cl)nc1. The lowest BCUT2D eigenvalue weighted by atomic mass is 10.3. The van der Waals surface area contributed by atoms with Gasteiger partial charge in [0.2, 0.25) is 0 Å². The van der Waals surface area contributed by atoms with Gasteiger partial charge in [-0.3, -0.25) is 4.98 Å². The van der Waals surface area contributed by atoms with E-state index in [1.54, 1.807) is 17.5 Å². The highest BCUT2D eigenvalue weighted by atomic mass is 35.5. The maximum absolute atomic E-state index is 5.95. The Balaban J connectivity index is 2.47. The summed E-state index contributed by atoms with van der Waals surface area (Å²) in [7, 11) is 0. The Kier molecular flexibility index (Phi) is 2.20. The van der Waals surface area contributed by atoms with Crippen molar-refractivity contribution in [1.29, 1.82) is 0 Å². The molecule has 0 aromatic carbocycles. The molecule has 2 nitrogen and oxygen atoms in total. The number of nitrogen functional groups attached to an aromatic ring is 1. The number of thiophene rings is 1. The molecule has 0 fully saturated rings. The van der Waals surface area contributed by atoms with Gasteiger partial charge in [0.25, 0.3) is 0 Å². The van der Waals surface area contributed by atoms with Crippen LogP contribution in [0.15, 0.2) is 29.8 Å². The lowest BCUT2D eigenvalue weighted by Crippen LogP contribution is -1.86. The second kappa shape index (κ2) is 3.36. The first-order chi connectivity index (χ1) is 6.27. The summed E-state index contributed by atoms with van der Waals surface area (Å²) < 4.78 is 0. The lowest BCUT2D eigenvalue weighted by molar-refractivity contribution is 1.34. The van der Waals surface area contributed by atoms with Gasteiger partial charge in [-0.05, 0) is 23.6 Å². The molecule has 2 heterocycles. The monoisotopic (exact) mass is 210 g/mol. The van der Waals surface area contributed by atoms with E-state index in [-0.39, 0.29) is 0 Å². The van der Waals surface area contributed by atoms with Gasteiger partial charge in [-0.1, -0.05) is 11.6 Å². The first-order valence-electron chi connectivity index (χ1n) is 3.72. The van der Waals surface area contributed by atoms with Gasteiger partial charge < -0.3 is 5.73 Å². The van der Waals surface area contributed by atoms with Crippen LogP contribution in [0.25, 0.3) is 10.6 Å². The highest BCUT2D eigenvalue weighted by Crippen LogP contribution is 2.31. The van der Waals surface area contributed by atoms with Crippen molar-refractivity contribution in [1.82, 2.24) is 4.98 Å². The van der Waals surface area contributed by atoms with E-state index >= 15 is 0 Å². The molecule has 2 rings (SSSR count). The second-order valence-electron chi connectivity index (χ2n) is 2.57. The maximum Gasteiger partial charge on any atom is 0.0818 e. The summed E-state index contributed by atoms with van der Waals surface area (Å²) in [5.74, 6) is 0. The first-order valence-corrected chi connectivity index (χ1v) is 4.98. The van der Waals surface area contributed by atoms with E-state index in [1.165, 1.54) is 0 Å². The van der Waals surface area contributed by atoms with E-state index in [2.05, 4.69) is 4.98 Å². The first kappa shape index (κ1) is 8.53. The molecule has 0 aliphatic carbocycles. The fourth-order valence-electron chi connectivity index (χ4n) is 1.02. The Morgan fingerprint density at radius 1 is 1.31 bits per heavy atom. The molecule has 13 heavy (non-hydrogen) atoms. The van der Waals surface area contributed by atoms with Crippen molar-refractivity contribution in [2.45, 2.75) is 0 Å². The van der Waals surface area contributed by atoms with Gasteiger partial charge >= 0.3 is 0 Å². The van der Waals surface area contributed by atoms with Gasteiger partial charge in [0, 0.05) is 0 Å². The molecule has 0 aliphatic heterocycles. The van der Waals surface area contributed by atoms with Crippen molar-refractivity contribution >= 4 is 28.6 Å². The van der Waals surface area contributed by atoms with Gasteiger partial charge in [0.05, 0.1) is 27.5 Å². The predicted octanol–water partition coefficient (Wildman–Crippen LogP) is 3.05. The summed E-state index contributed by atoms with van der Waals surface area (Å²) in [6, 6.07) is 5.55. The minimum atomic E-state index is 0.663. The van der Waals surface area contributed by atoms with E-state index in [0.717, 1.165) is 15.6 Å². The molecule has 0 saturated carbocycles. The second-order valence-corrected chi connectivity index (χ2v) is 3.90. The molecule has 0 atom stereocenters. The van der Waals surface area contributed by atoms with Crippen LogP contribution in [0, 0.1) is 0 Å². The summed E-state index contributed by atoms with van der Waals surface area (Å²) in [4.78, 5) is 5.17. The molecular formula is C9H7ClN2S. The van der Waals surface area contributed by atoms with Crippen LogP contribution in [0.5, 0.6) is 0 Å². The van der Waals surface area contributed by atoms with Crippen molar-refractivity contribution in [2.75, 3.05) is 5.73 Å². The van der Waals surface area contributed by atoms with E-state index in [9.17, 15) is 0 Å². The number of halogens is 1. The van der Waals surface area contributed by atoms with Crippen LogP contribution in [0.2, 0.25) is 5.02 Å². The van der Waals surface area contributed by atoms with Gasteiger partial charge in [-0.25, -0.2) is 0 Å². The standard InChI is InChI=1S/C9H7ClN2S/c10-7-3-4-13-9(7)8-2-1-6(11)5-12-8/h1-5H,11H2. The zero-order valence-corrected chi connectivity index (χ0v) is 8.27. The molecule has 0 aliphatic rings. The molecular weight excluding hydrogens is 204 g/mol. The van der Waals surface area contributed by atoms with Crippen molar-refractivity contribution in [3.8, 4) is 10.6 Å². The van der Waals surface area contributed by atoms with E-state index < -0.39 is 0 Å². The molecule has 0 saturated heterocycles. The number of nitrogens with zero attached hydrogens (tertiary/aromatic N) is 1. The lowest BCUT2D eigenvalue weighted by Gasteiger charge is -1.97. The Morgan fingerprint density at radius 3 is 2.69 bits per heavy atom. The Labute approximate surface area is 85.0 Å². The third kappa shape index (κ3) is 1.66. The van der Waals surface area contributed by atoms with E-state index in [4.69, 9.17) is 17.3 Å². The fourth-order valence-corrected chi connectivity index (χ4v) is 2.15. The predicted molar refractivity (Wildman–Crippen MR) is 57.0 cm³/mol. The van der Waals surface area contributed by atoms with Crippen molar-refractivity contribution in [3.63, 3.8) is 0 Å². The van der Waals surface area contributed by atoms with Crippen LogP contribution < -0.4 is 5.73 Å². The summed E-state index contributed by atoms with van der Waals surface area (Å²) >= 11 is 7.53. The fraction of sp³-hybridized carbons (Fsp3) is 0. The Bertz CT molecular complexity index is 408. The topological polar surface area (TPSA) is 38.9 Å². The quantitative estimate of drug-likeness (QED) is 0.786. The van der Waals surface area contributed by atoms with E-state index in [1.807, 2.05) is 23.6 Å². The third-order valence-corrected chi connectivity index (χ3v) is 3.00. The molecule has 0 spiro atoms. The number of pyridine rings is 1. The van der Waals surface area contributed by atoms with Crippen LogP contribution in [0.3, 0.4) is 0 Å². The van der Waals surface area contributed by atoms with E-state index in [0.29, 0.717) is 5.69 Å². The highest BCUT2D eigenvalue weighted by Gasteiger charge is 2.04. The molecule has 0 radical (unpaired) electrons. The summed E-state index contributed by atoms with van der Waals surface area (Å²) in [6.45, 7) is 0. The van der Waals surface area contributed by atoms with Crippen LogP contribution in [-0.2, 0) is 0 Å². The van der Waals surface area contributed by atoms with Crippen LogP contribution in [-0.4, -0.2) is 4.98 Å². The van der Waals surface area contributed by atoms with Crippen LogP contribution in [0.4, 0.5) is 5.69 Å². The molecule has 4 heteroatoms. The maximum atomic E-state index is 5.95. The third-order valence-electron chi connectivity index (χ3n) is 1.64. The Hall–Kier alpha value is -1.06. The van der Waals surface area contributed by atoms with Gasteiger partial charge in [-0.2, -0.15) is 0 Å². The molecule has 0 amide bonds. The normalized spacial score (nSPS) is 10.2. The summed E-state index contributed by atoms with van der Waals surface area (Å²) in [5, 5.41) is 2.68. The highest BCUT2D eigenvalue weighted by molar-refractivity contribution is 7.14. The van der Waals surface area contributed by atoms with Gasteiger partial charge in [0.15, 0.2) is 0 Å². The minimum absolute atomic E-state index is 0.663. The van der Waals surface area contributed by atoms with Gasteiger partial charge in [0.1, 0.15) is 0 Å². The molecule has 0 unspecified atom stereocenters. The van der Waals surface area contributed by atoms with Crippen molar-refractivity contribution in [2.24, 2.45) is 0 Å². The average molecular weight is 211 g/mol. The number of anilines is 1. The van der Waals surface area contributed by atoms with Crippen LogP contribution >= 0.6 is 22.9 Å². The number of hydrogen-bond donors (Lipinski definition) is 1. The minimum Gasteiger partial charge on any atom is -0.397 e. The molecule has 0 bridgehead atoms. The Morgan fingerprint density at radius 2 is 2.15 bits per heavy atom. The summed E-state index contributed by atoms with van der Waals surface area (Å²) in [6.07, 6.45) is 1.63. The van der Waals surface area contributed by atoms with Crippen molar-refractivity contribution < 1.29 is 0 Å². The number of aromatic nitrogens is 1. The number of hydrogen-bond acceptors (Lipinski definition) is 3. The van der Waals surface area contributed by atoms with Crippen LogP contribution in [0.1, 0.15) is 0 Å². The average Bonchev–Trinajstić information content (AvgIpc) is 2.53. The molecule has 2 N–H and O–H groups in total. The zero-order chi connectivity index (χ0) is 9.26. The van der Waals surface area contributed by atoms with Crippen molar-refractivity contribution in [3.05, 3.63) is 34.8 Å².